The van der Waals surface area contributed by atoms with Gasteiger partial charge in [-0.2, -0.15) is 0 Å². The van der Waals surface area contributed by atoms with E-state index in [1.807, 2.05) is 0 Å². The molecule has 10 heteroatoms. The third kappa shape index (κ3) is 4.46. The van der Waals surface area contributed by atoms with Crippen molar-refractivity contribution in [2.24, 2.45) is 7.05 Å². The van der Waals surface area contributed by atoms with Crippen molar-refractivity contribution in [1.82, 2.24) is 14.5 Å². The number of carbonyl (C=O) groups is 2. The van der Waals surface area contributed by atoms with E-state index in [2.05, 4.69) is 5.32 Å². The van der Waals surface area contributed by atoms with Gasteiger partial charge in [-0.05, 0) is 41.5 Å². The van der Waals surface area contributed by atoms with Crippen LogP contribution in [-0.4, -0.2) is 26.1 Å². The number of thiophene rings is 1. The first kappa shape index (κ1) is 22.2. The van der Waals surface area contributed by atoms with Crippen LogP contribution in [0.3, 0.4) is 0 Å². The molecule has 2 heterocycles. The van der Waals surface area contributed by atoms with E-state index in [1.165, 1.54) is 41.9 Å². The highest BCUT2D eigenvalue weighted by molar-refractivity contribution is 7.20. The fourth-order valence-corrected chi connectivity index (χ4v) is 4.36. The van der Waals surface area contributed by atoms with Gasteiger partial charge in [0.2, 0.25) is 0 Å². The summed E-state index contributed by atoms with van der Waals surface area (Å²) in [4.78, 5) is 50.1. The van der Waals surface area contributed by atoms with Gasteiger partial charge in [-0.1, -0.05) is 24.3 Å². The molecule has 8 nitrogen and oxygen atoms in total. The third-order valence-electron chi connectivity index (χ3n) is 5.14. The number of rotatable bonds is 6. The van der Waals surface area contributed by atoms with Crippen molar-refractivity contribution in [1.29, 1.82) is 0 Å². The molecule has 168 valence electrons. The Labute approximate surface area is 190 Å². The van der Waals surface area contributed by atoms with E-state index in [1.54, 1.807) is 24.3 Å². The predicted molar refractivity (Wildman–Crippen MR) is 121 cm³/mol. The largest absolute Gasteiger partial charge is 0.478 e. The van der Waals surface area contributed by atoms with Crippen molar-refractivity contribution >= 4 is 33.4 Å². The van der Waals surface area contributed by atoms with Crippen molar-refractivity contribution in [3.63, 3.8) is 0 Å². The predicted octanol–water partition coefficient (Wildman–Crippen LogP) is 2.58. The SMILES string of the molecule is Cn1c(=O)n(Cc2ccc(C(=O)O)cc2)c(=O)c2cc(C(=O)NCc3ccc(F)cc3)sc21. The number of nitrogens with one attached hydrogen (secondary N) is 1. The minimum atomic E-state index is -1.07. The lowest BCUT2D eigenvalue weighted by Gasteiger charge is -2.08. The molecule has 2 aromatic heterocycles. The Kier molecular flexibility index (Phi) is 5.93. The molecule has 4 aromatic rings. The average molecular weight is 467 g/mol. The van der Waals surface area contributed by atoms with Gasteiger partial charge in [-0.3, -0.25) is 18.7 Å². The summed E-state index contributed by atoms with van der Waals surface area (Å²) in [5.74, 6) is -1.85. The first-order chi connectivity index (χ1) is 15.7. The Morgan fingerprint density at radius 1 is 1.03 bits per heavy atom. The molecule has 0 spiro atoms. The summed E-state index contributed by atoms with van der Waals surface area (Å²) >= 11 is 1.03. The molecule has 33 heavy (non-hydrogen) atoms. The number of nitrogens with zero attached hydrogens (tertiary/aromatic N) is 2. The molecule has 0 bridgehead atoms. The summed E-state index contributed by atoms with van der Waals surface area (Å²) in [5, 5.41) is 12.0. The van der Waals surface area contributed by atoms with Crippen molar-refractivity contribution in [2.45, 2.75) is 13.1 Å². The topological polar surface area (TPSA) is 110 Å². The normalized spacial score (nSPS) is 11.0. The molecule has 0 saturated carbocycles. The molecule has 2 N–H and O–H groups in total. The van der Waals surface area contributed by atoms with Crippen LogP contribution in [0.15, 0.2) is 64.2 Å². The zero-order valence-electron chi connectivity index (χ0n) is 17.4. The quantitative estimate of drug-likeness (QED) is 0.453. The molecule has 0 aliphatic carbocycles. The summed E-state index contributed by atoms with van der Waals surface area (Å²) in [6.07, 6.45) is 0. The zero-order chi connectivity index (χ0) is 23.7. The molecular formula is C23H18FN3O5S. The van der Waals surface area contributed by atoms with E-state index in [0.29, 0.717) is 10.4 Å². The molecule has 0 aliphatic rings. The maximum absolute atomic E-state index is 13.0. The van der Waals surface area contributed by atoms with Gasteiger partial charge in [0.15, 0.2) is 0 Å². The van der Waals surface area contributed by atoms with Crippen molar-refractivity contribution < 1.29 is 19.1 Å². The Morgan fingerprint density at radius 2 is 1.67 bits per heavy atom. The van der Waals surface area contributed by atoms with E-state index in [-0.39, 0.29) is 34.7 Å². The van der Waals surface area contributed by atoms with Crippen molar-refractivity contribution in [3.8, 4) is 0 Å². The Morgan fingerprint density at radius 3 is 2.30 bits per heavy atom. The van der Waals surface area contributed by atoms with Crippen LogP contribution in [0.5, 0.6) is 0 Å². The van der Waals surface area contributed by atoms with Gasteiger partial charge in [-0.25, -0.2) is 14.0 Å². The first-order valence-electron chi connectivity index (χ1n) is 9.83. The number of benzene rings is 2. The van der Waals surface area contributed by atoms with Crippen LogP contribution >= 0.6 is 11.3 Å². The minimum absolute atomic E-state index is 0.0384. The smallest absolute Gasteiger partial charge is 0.335 e. The van der Waals surface area contributed by atoms with E-state index >= 15 is 0 Å². The van der Waals surface area contributed by atoms with Gasteiger partial charge in [0.1, 0.15) is 10.6 Å². The molecule has 0 saturated heterocycles. The maximum atomic E-state index is 13.0. The number of fused-ring (bicyclic) bond motifs is 1. The summed E-state index contributed by atoms with van der Waals surface area (Å²) < 4.78 is 15.4. The van der Waals surface area contributed by atoms with Gasteiger partial charge in [0.25, 0.3) is 11.5 Å². The first-order valence-corrected chi connectivity index (χ1v) is 10.6. The number of carboxylic acid groups (broad SMARTS) is 1. The molecule has 0 fully saturated rings. The number of amides is 1. The second-order valence-electron chi connectivity index (χ2n) is 7.37. The van der Waals surface area contributed by atoms with E-state index in [9.17, 15) is 23.6 Å². The molecule has 0 atom stereocenters. The number of aromatic nitrogens is 2. The van der Waals surface area contributed by atoms with E-state index in [4.69, 9.17) is 5.11 Å². The van der Waals surface area contributed by atoms with Crippen LogP contribution in [0.2, 0.25) is 0 Å². The van der Waals surface area contributed by atoms with Gasteiger partial charge >= 0.3 is 11.7 Å². The van der Waals surface area contributed by atoms with E-state index < -0.39 is 23.1 Å². The number of carboxylic acids is 1. The minimum Gasteiger partial charge on any atom is -0.478 e. The van der Waals surface area contributed by atoms with Crippen LogP contribution in [0.25, 0.3) is 10.2 Å². The number of aromatic carboxylic acids is 1. The van der Waals surface area contributed by atoms with Crippen molar-refractivity contribution in [2.75, 3.05) is 0 Å². The number of halogens is 1. The van der Waals surface area contributed by atoms with E-state index in [0.717, 1.165) is 21.5 Å². The van der Waals surface area contributed by atoms with Crippen LogP contribution in [-0.2, 0) is 20.1 Å². The van der Waals surface area contributed by atoms with Crippen LogP contribution in [0.1, 0.15) is 31.2 Å². The van der Waals surface area contributed by atoms with Gasteiger partial charge in [0, 0.05) is 13.6 Å². The molecule has 4 rings (SSSR count). The second kappa shape index (κ2) is 8.83. The summed E-state index contributed by atoms with van der Waals surface area (Å²) in [6.45, 7) is 0.145. The van der Waals surface area contributed by atoms with Gasteiger partial charge in [0.05, 0.1) is 22.4 Å². The highest BCUT2D eigenvalue weighted by Crippen LogP contribution is 2.22. The average Bonchev–Trinajstić information content (AvgIpc) is 3.26. The lowest BCUT2D eigenvalue weighted by molar-refractivity contribution is 0.0696. The van der Waals surface area contributed by atoms with Crippen LogP contribution in [0.4, 0.5) is 4.39 Å². The Bertz CT molecular complexity index is 1480. The highest BCUT2D eigenvalue weighted by atomic mass is 32.1. The van der Waals surface area contributed by atoms with Crippen LogP contribution in [0, 0.1) is 5.82 Å². The molecule has 0 unspecified atom stereocenters. The lowest BCUT2D eigenvalue weighted by atomic mass is 10.1. The zero-order valence-corrected chi connectivity index (χ0v) is 18.2. The number of carbonyl (C=O) groups excluding carboxylic acids is 1. The Balaban J connectivity index is 1.62. The Hall–Kier alpha value is -4.05. The lowest BCUT2D eigenvalue weighted by Crippen LogP contribution is -2.38. The maximum Gasteiger partial charge on any atom is 0.335 e. The molecule has 2 aromatic carbocycles. The summed E-state index contributed by atoms with van der Waals surface area (Å²) in [7, 11) is 1.52. The van der Waals surface area contributed by atoms with Crippen molar-refractivity contribution in [3.05, 3.63) is 103 Å². The van der Waals surface area contributed by atoms with Gasteiger partial charge in [-0.15, -0.1) is 11.3 Å². The second-order valence-corrected chi connectivity index (χ2v) is 8.40. The number of hydrogen-bond donors (Lipinski definition) is 2. The summed E-state index contributed by atoms with van der Waals surface area (Å²) in [5.41, 5.74) is 0.323. The van der Waals surface area contributed by atoms with Crippen LogP contribution < -0.4 is 16.6 Å². The molecular weight excluding hydrogens is 449 g/mol. The molecule has 1 amide bonds. The highest BCUT2D eigenvalue weighted by Gasteiger charge is 2.18. The van der Waals surface area contributed by atoms with Gasteiger partial charge < -0.3 is 10.4 Å². The number of aryl methyl sites for hydroxylation is 1. The monoisotopic (exact) mass is 467 g/mol. The fraction of sp³-hybridized carbons (Fsp3) is 0.130. The molecule has 0 radical (unpaired) electrons. The third-order valence-corrected chi connectivity index (χ3v) is 6.35. The number of hydrogen-bond acceptors (Lipinski definition) is 5. The fourth-order valence-electron chi connectivity index (χ4n) is 3.34. The molecule has 0 aliphatic heterocycles. The summed E-state index contributed by atoms with van der Waals surface area (Å²) in [6, 6.07) is 13.1. The standard InChI is InChI=1S/C23H18FN3O5S/c1-26-21-17(10-18(33-21)19(28)25-11-13-4-8-16(24)9-5-13)20(29)27(23(26)32)12-14-2-6-15(7-3-14)22(30)31/h2-10H,11-12H2,1H3,(H,25,28)(H,30,31).